The van der Waals surface area contributed by atoms with Gasteiger partial charge in [0, 0.05) is 33.1 Å². The number of hydrogen-bond donors (Lipinski definition) is 1. The number of hydrogen-bond acceptors (Lipinski definition) is 4. The fraction of sp³-hybridized carbons (Fsp3) is 0.471. The lowest BCUT2D eigenvalue weighted by Gasteiger charge is -2.32. The molecule has 6 heteroatoms. The smallest absolute Gasteiger partial charge is 0.273 e. The Labute approximate surface area is 135 Å². The highest BCUT2D eigenvalue weighted by Crippen LogP contribution is 2.14. The van der Waals surface area contributed by atoms with Gasteiger partial charge in [0.05, 0.1) is 11.0 Å². The molecular weight excluding hydrogens is 292 g/mol. The molecule has 23 heavy (non-hydrogen) atoms. The molecule has 1 aliphatic rings. The molecule has 1 N–H and O–H groups in total. The third-order valence-electron chi connectivity index (χ3n) is 4.34. The zero-order chi connectivity index (χ0) is 16.4. The number of nitrogens with zero attached hydrogens (tertiary/aromatic N) is 3. The van der Waals surface area contributed by atoms with Crippen molar-refractivity contribution in [1.29, 1.82) is 0 Å². The normalized spacial score (nSPS) is 19.0. The minimum Gasteiger partial charge on any atom is -0.352 e. The number of carbonyl (C=O) groups excluding carboxylic acids is 1. The molecule has 1 aromatic carbocycles. The lowest BCUT2D eigenvalue weighted by Crippen LogP contribution is -2.47. The highest BCUT2D eigenvalue weighted by atomic mass is 16.1. The van der Waals surface area contributed by atoms with Crippen LogP contribution in [0.15, 0.2) is 29.1 Å². The minimum atomic E-state index is -0.0506. The molecule has 0 radical (unpaired) electrons. The molecule has 1 amide bonds. The average molecular weight is 314 g/mol. The van der Waals surface area contributed by atoms with Crippen LogP contribution in [0, 0.1) is 0 Å². The van der Waals surface area contributed by atoms with Gasteiger partial charge in [-0.15, -0.1) is 0 Å². The van der Waals surface area contributed by atoms with Crippen LogP contribution in [0.2, 0.25) is 0 Å². The molecule has 2 heterocycles. The van der Waals surface area contributed by atoms with Crippen LogP contribution in [0.1, 0.15) is 25.5 Å². The molecule has 0 aliphatic carbocycles. The molecule has 0 unspecified atom stereocenters. The first-order chi connectivity index (χ1) is 11.0. The van der Waals surface area contributed by atoms with Crippen molar-refractivity contribution in [3.63, 3.8) is 0 Å². The first kappa shape index (κ1) is 15.7. The Morgan fingerprint density at radius 2 is 2.17 bits per heavy atom. The van der Waals surface area contributed by atoms with Gasteiger partial charge in [0.15, 0.2) is 0 Å². The van der Waals surface area contributed by atoms with Gasteiger partial charge in [-0.05, 0) is 31.5 Å². The van der Waals surface area contributed by atoms with E-state index in [4.69, 9.17) is 0 Å². The van der Waals surface area contributed by atoms with Crippen LogP contribution in [0.3, 0.4) is 0 Å². The maximum atomic E-state index is 12.5. The number of aromatic nitrogens is 2. The molecule has 6 nitrogen and oxygen atoms in total. The molecule has 122 valence electrons. The van der Waals surface area contributed by atoms with E-state index in [0.29, 0.717) is 12.2 Å². The molecule has 1 aromatic heterocycles. The lowest BCUT2D eigenvalue weighted by molar-refractivity contribution is -0.120. The van der Waals surface area contributed by atoms with Crippen molar-refractivity contribution >= 4 is 16.9 Å². The van der Waals surface area contributed by atoms with Crippen LogP contribution >= 0.6 is 0 Å². The Morgan fingerprint density at radius 3 is 2.96 bits per heavy atom. The lowest BCUT2D eigenvalue weighted by atomic mass is 10.1. The predicted octanol–water partition coefficient (Wildman–Crippen LogP) is 1.03. The van der Waals surface area contributed by atoms with Gasteiger partial charge in [0.1, 0.15) is 5.69 Å². The van der Waals surface area contributed by atoms with E-state index in [1.807, 2.05) is 24.3 Å². The van der Waals surface area contributed by atoms with Crippen molar-refractivity contribution in [2.45, 2.75) is 32.4 Å². The Balaban J connectivity index is 1.82. The molecule has 1 saturated heterocycles. The third-order valence-corrected chi connectivity index (χ3v) is 4.34. The molecular formula is C17H22N4O2. The number of amides is 1. The second-order valence-corrected chi connectivity index (χ2v) is 6.19. The van der Waals surface area contributed by atoms with E-state index in [2.05, 4.69) is 15.2 Å². The first-order valence-electron chi connectivity index (χ1n) is 7.98. The van der Waals surface area contributed by atoms with E-state index in [0.717, 1.165) is 37.0 Å². The van der Waals surface area contributed by atoms with Crippen molar-refractivity contribution < 1.29 is 4.79 Å². The van der Waals surface area contributed by atoms with Gasteiger partial charge in [-0.1, -0.05) is 12.1 Å². The highest BCUT2D eigenvalue weighted by Gasteiger charge is 2.22. The third kappa shape index (κ3) is 3.42. The van der Waals surface area contributed by atoms with Crippen LogP contribution in [0.4, 0.5) is 0 Å². The molecule has 2 aromatic rings. The molecule has 3 rings (SSSR count). The zero-order valence-electron chi connectivity index (χ0n) is 13.6. The summed E-state index contributed by atoms with van der Waals surface area (Å²) >= 11 is 0. The minimum absolute atomic E-state index is 0.00315. The summed E-state index contributed by atoms with van der Waals surface area (Å²) in [6, 6.07) is 7.82. The Bertz CT molecular complexity index is 784. The number of likely N-dealkylation sites (tertiary alicyclic amines) is 1. The van der Waals surface area contributed by atoms with Gasteiger partial charge in [0.25, 0.3) is 5.56 Å². The number of carbonyl (C=O) groups is 1. The number of rotatable bonds is 3. The van der Waals surface area contributed by atoms with Gasteiger partial charge in [0.2, 0.25) is 5.91 Å². The number of para-hydroxylation sites is 2. The topological polar surface area (TPSA) is 67.2 Å². The van der Waals surface area contributed by atoms with Crippen LogP contribution < -0.4 is 10.9 Å². The van der Waals surface area contributed by atoms with E-state index in [1.54, 1.807) is 18.5 Å². The Kier molecular flexibility index (Phi) is 4.43. The Hall–Kier alpha value is -2.21. The zero-order valence-corrected chi connectivity index (χ0v) is 13.6. The SMILES string of the molecule is CC(=O)N[C@@H]1CCCN(Cc2nc3ccccc3n(C)c2=O)C1. The van der Waals surface area contributed by atoms with Crippen molar-refractivity contribution in [2.75, 3.05) is 13.1 Å². The fourth-order valence-corrected chi connectivity index (χ4v) is 3.26. The molecule has 1 fully saturated rings. The van der Waals surface area contributed by atoms with Crippen molar-refractivity contribution in [3.05, 3.63) is 40.3 Å². The average Bonchev–Trinajstić information content (AvgIpc) is 2.52. The monoisotopic (exact) mass is 314 g/mol. The van der Waals surface area contributed by atoms with Crippen molar-refractivity contribution in [2.24, 2.45) is 7.05 Å². The summed E-state index contributed by atoms with van der Waals surface area (Å²) in [5, 5.41) is 2.97. The number of benzene rings is 1. The maximum Gasteiger partial charge on any atom is 0.273 e. The fourth-order valence-electron chi connectivity index (χ4n) is 3.26. The quantitative estimate of drug-likeness (QED) is 0.919. The summed E-state index contributed by atoms with van der Waals surface area (Å²) in [6.07, 6.45) is 2.00. The summed E-state index contributed by atoms with van der Waals surface area (Å²) in [5.74, 6) is -0.00315. The summed E-state index contributed by atoms with van der Waals surface area (Å²) in [5.41, 5.74) is 2.19. The first-order valence-corrected chi connectivity index (χ1v) is 7.98. The van der Waals surface area contributed by atoms with Gasteiger partial charge < -0.3 is 9.88 Å². The van der Waals surface area contributed by atoms with Gasteiger partial charge >= 0.3 is 0 Å². The largest absolute Gasteiger partial charge is 0.352 e. The summed E-state index contributed by atoms with van der Waals surface area (Å²) in [4.78, 5) is 30.5. The Morgan fingerprint density at radius 1 is 1.39 bits per heavy atom. The number of aryl methyl sites for hydroxylation is 1. The summed E-state index contributed by atoms with van der Waals surface area (Å²) in [6.45, 7) is 3.75. The van der Waals surface area contributed by atoms with Crippen molar-refractivity contribution in [3.8, 4) is 0 Å². The molecule has 0 saturated carbocycles. The van der Waals surface area contributed by atoms with E-state index < -0.39 is 0 Å². The summed E-state index contributed by atoms with van der Waals surface area (Å²) < 4.78 is 1.66. The maximum absolute atomic E-state index is 12.5. The number of piperidine rings is 1. The molecule has 0 bridgehead atoms. The van der Waals surface area contributed by atoms with Crippen LogP contribution in [-0.2, 0) is 18.4 Å². The van der Waals surface area contributed by atoms with E-state index >= 15 is 0 Å². The predicted molar refractivity (Wildman–Crippen MR) is 89.1 cm³/mol. The van der Waals surface area contributed by atoms with Crippen molar-refractivity contribution in [1.82, 2.24) is 19.8 Å². The highest BCUT2D eigenvalue weighted by molar-refractivity contribution is 5.74. The van der Waals surface area contributed by atoms with Crippen LogP contribution in [0.5, 0.6) is 0 Å². The molecule has 1 atom stereocenters. The molecule has 1 aliphatic heterocycles. The number of nitrogens with one attached hydrogen (secondary N) is 1. The van der Waals surface area contributed by atoms with E-state index in [-0.39, 0.29) is 17.5 Å². The van der Waals surface area contributed by atoms with Gasteiger partial charge in [-0.3, -0.25) is 14.5 Å². The van der Waals surface area contributed by atoms with E-state index in [9.17, 15) is 9.59 Å². The van der Waals surface area contributed by atoms with Crippen LogP contribution in [0.25, 0.3) is 11.0 Å². The number of fused-ring (bicyclic) bond motifs is 1. The van der Waals surface area contributed by atoms with E-state index in [1.165, 1.54) is 0 Å². The van der Waals surface area contributed by atoms with Gasteiger partial charge in [-0.25, -0.2) is 4.98 Å². The van der Waals surface area contributed by atoms with Gasteiger partial charge in [-0.2, -0.15) is 0 Å². The second kappa shape index (κ2) is 6.50. The standard InChI is InChI=1S/C17H22N4O2/c1-12(22)18-13-6-5-9-21(10-13)11-15-17(23)20(2)16-8-4-3-7-14(16)19-15/h3-4,7-8,13H,5-6,9-11H2,1-2H3,(H,18,22)/t13-/m1/s1. The second-order valence-electron chi connectivity index (χ2n) is 6.19. The summed E-state index contributed by atoms with van der Waals surface area (Å²) in [7, 11) is 1.78. The van der Waals surface area contributed by atoms with Crippen LogP contribution in [-0.4, -0.2) is 39.5 Å². The molecule has 0 spiro atoms.